The summed E-state index contributed by atoms with van der Waals surface area (Å²) in [5.74, 6) is -0.113. The standard InChI is InChI=1S/C24H19FN2O3/c1-15-7-8-17(25)14-21(15)27-24-20(13-16-5-3-4-6-22(16)30-24)23(28)26-18-9-11-19(29-2)12-10-18/h3-14H,1-2H3,(H,26,28). The molecule has 0 atom stereocenters. The summed E-state index contributed by atoms with van der Waals surface area (Å²) in [5.41, 5.74) is 2.68. The fourth-order valence-electron chi connectivity index (χ4n) is 3.00. The van der Waals surface area contributed by atoms with Crippen molar-refractivity contribution >= 4 is 28.3 Å². The zero-order valence-corrected chi connectivity index (χ0v) is 16.5. The number of benzene rings is 3. The predicted molar refractivity (Wildman–Crippen MR) is 114 cm³/mol. The largest absolute Gasteiger partial charge is 0.497 e. The number of para-hydroxylation sites is 1. The number of anilines is 1. The lowest BCUT2D eigenvalue weighted by atomic mass is 10.1. The Morgan fingerprint density at radius 3 is 2.57 bits per heavy atom. The summed E-state index contributed by atoms with van der Waals surface area (Å²) in [6.45, 7) is 1.82. The molecule has 1 heterocycles. The number of nitrogens with zero attached hydrogens (tertiary/aromatic N) is 1. The van der Waals surface area contributed by atoms with Crippen LogP contribution in [0.15, 0.2) is 82.2 Å². The Hall–Kier alpha value is -3.93. The van der Waals surface area contributed by atoms with Crippen molar-refractivity contribution in [2.24, 2.45) is 4.99 Å². The van der Waals surface area contributed by atoms with Gasteiger partial charge in [-0.25, -0.2) is 9.38 Å². The molecule has 3 aromatic carbocycles. The Kier molecular flexibility index (Phi) is 5.30. The molecule has 0 unspecified atom stereocenters. The van der Waals surface area contributed by atoms with Crippen molar-refractivity contribution in [1.29, 1.82) is 0 Å². The minimum Gasteiger partial charge on any atom is -0.497 e. The lowest BCUT2D eigenvalue weighted by molar-refractivity contribution is 0.102. The van der Waals surface area contributed by atoms with Gasteiger partial charge in [0.15, 0.2) is 0 Å². The molecule has 0 fully saturated rings. The molecule has 0 spiro atoms. The van der Waals surface area contributed by atoms with Gasteiger partial charge in [-0.1, -0.05) is 24.3 Å². The van der Waals surface area contributed by atoms with Gasteiger partial charge in [-0.3, -0.25) is 4.79 Å². The minimum absolute atomic E-state index is 0.105. The summed E-state index contributed by atoms with van der Waals surface area (Å²) in [6.07, 6.45) is 0. The molecule has 0 bridgehead atoms. The molecule has 30 heavy (non-hydrogen) atoms. The van der Waals surface area contributed by atoms with Crippen LogP contribution in [0.2, 0.25) is 0 Å². The van der Waals surface area contributed by atoms with Crippen LogP contribution in [0.1, 0.15) is 15.9 Å². The Morgan fingerprint density at radius 2 is 1.80 bits per heavy atom. The topological polar surface area (TPSA) is 63.8 Å². The van der Waals surface area contributed by atoms with Crippen molar-refractivity contribution in [3.8, 4) is 5.75 Å². The van der Waals surface area contributed by atoms with Gasteiger partial charge in [0.05, 0.1) is 12.8 Å². The Bertz CT molecular complexity index is 1290. The number of fused-ring (bicyclic) bond motifs is 1. The highest BCUT2D eigenvalue weighted by molar-refractivity contribution is 6.05. The molecule has 0 saturated heterocycles. The Balaban J connectivity index is 1.82. The molecule has 0 aliphatic rings. The van der Waals surface area contributed by atoms with E-state index in [1.807, 2.05) is 25.1 Å². The van der Waals surface area contributed by atoms with Gasteiger partial charge in [0.1, 0.15) is 22.7 Å². The third-order valence-corrected chi connectivity index (χ3v) is 4.64. The van der Waals surface area contributed by atoms with Crippen molar-refractivity contribution < 1.29 is 18.3 Å². The molecule has 1 aromatic heterocycles. The van der Waals surface area contributed by atoms with Crippen molar-refractivity contribution in [2.75, 3.05) is 12.4 Å². The third kappa shape index (κ3) is 4.07. The molecule has 0 aliphatic heterocycles. The maximum Gasteiger partial charge on any atom is 0.261 e. The van der Waals surface area contributed by atoms with Gasteiger partial charge in [0.25, 0.3) is 5.91 Å². The number of carbonyl (C=O) groups is 1. The first-order valence-electron chi connectivity index (χ1n) is 9.33. The van der Waals surface area contributed by atoms with Gasteiger partial charge in [-0.2, -0.15) is 0 Å². The summed E-state index contributed by atoms with van der Waals surface area (Å²) in [5, 5.41) is 3.59. The number of halogens is 1. The molecule has 1 N–H and O–H groups in total. The summed E-state index contributed by atoms with van der Waals surface area (Å²) in [7, 11) is 1.58. The van der Waals surface area contributed by atoms with E-state index in [0.29, 0.717) is 22.7 Å². The number of rotatable bonds is 4. The van der Waals surface area contributed by atoms with E-state index >= 15 is 0 Å². The molecule has 6 heteroatoms. The van der Waals surface area contributed by atoms with Gasteiger partial charge in [-0.15, -0.1) is 0 Å². The van der Waals surface area contributed by atoms with Gasteiger partial charge < -0.3 is 14.5 Å². The van der Waals surface area contributed by atoms with Crippen molar-refractivity contribution in [1.82, 2.24) is 0 Å². The number of hydrogen-bond donors (Lipinski definition) is 1. The molecule has 5 nitrogen and oxygen atoms in total. The highest BCUT2D eigenvalue weighted by Crippen LogP contribution is 2.21. The van der Waals surface area contributed by atoms with E-state index in [9.17, 15) is 9.18 Å². The van der Waals surface area contributed by atoms with Gasteiger partial charge in [0, 0.05) is 11.1 Å². The fourth-order valence-corrected chi connectivity index (χ4v) is 3.00. The first-order chi connectivity index (χ1) is 14.5. The first-order valence-corrected chi connectivity index (χ1v) is 9.33. The van der Waals surface area contributed by atoms with Crippen LogP contribution in [0.5, 0.6) is 5.75 Å². The molecule has 4 rings (SSSR count). The quantitative estimate of drug-likeness (QED) is 0.499. The maximum absolute atomic E-state index is 13.7. The highest BCUT2D eigenvalue weighted by Gasteiger charge is 2.14. The molecule has 0 aliphatic carbocycles. The van der Waals surface area contributed by atoms with Gasteiger partial charge in [0.2, 0.25) is 5.55 Å². The SMILES string of the molecule is COc1ccc(NC(=O)c2cc3ccccc3oc2=Nc2cc(F)ccc2C)cc1. The van der Waals surface area contributed by atoms with Crippen LogP contribution in [0.3, 0.4) is 0 Å². The highest BCUT2D eigenvalue weighted by atomic mass is 19.1. The Labute approximate surface area is 172 Å². The average molecular weight is 402 g/mol. The normalized spacial score (nSPS) is 11.5. The van der Waals surface area contributed by atoms with Crippen molar-refractivity contribution in [3.63, 3.8) is 0 Å². The van der Waals surface area contributed by atoms with E-state index in [4.69, 9.17) is 9.15 Å². The zero-order chi connectivity index (χ0) is 21.1. The van der Waals surface area contributed by atoms with Crippen LogP contribution in [-0.2, 0) is 0 Å². The maximum atomic E-state index is 13.7. The molecule has 4 aromatic rings. The fraction of sp³-hybridized carbons (Fsp3) is 0.0833. The monoisotopic (exact) mass is 402 g/mol. The van der Waals surface area contributed by atoms with Crippen LogP contribution >= 0.6 is 0 Å². The summed E-state index contributed by atoms with van der Waals surface area (Å²) < 4.78 is 24.8. The number of hydrogen-bond acceptors (Lipinski definition) is 4. The summed E-state index contributed by atoms with van der Waals surface area (Å²) in [6, 6.07) is 20.3. The first kappa shape index (κ1) is 19.4. The number of nitrogens with one attached hydrogen (secondary N) is 1. The average Bonchev–Trinajstić information content (AvgIpc) is 2.76. The number of carbonyl (C=O) groups excluding carboxylic acids is 1. The molecule has 0 radical (unpaired) electrons. The van der Waals surface area contributed by atoms with Gasteiger partial charge >= 0.3 is 0 Å². The molecular formula is C24H19FN2O3. The van der Waals surface area contributed by atoms with Crippen LogP contribution in [-0.4, -0.2) is 13.0 Å². The smallest absolute Gasteiger partial charge is 0.261 e. The van der Waals surface area contributed by atoms with Crippen LogP contribution < -0.4 is 15.6 Å². The predicted octanol–water partition coefficient (Wildman–Crippen LogP) is 5.37. The zero-order valence-electron chi connectivity index (χ0n) is 16.5. The minimum atomic E-state index is -0.413. The second kappa shape index (κ2) is 8.21. The molecule has 150 valence electrons. The van der Waals surface area contributed by atoms with E-state index in [-0.39, 0.29) is 17.0 Å². The van der Waals surface area contributed by atoms with E-state index in [0.717, 1.165) is 10.9 Å². The van der Waals surface area contributed by atoms with Crippen LogP contribution in [0, 0.1) is 12.7 Å². The van der Waals surface area contributed by atoms with E-state index in [1.54, 1.807) is 49.6 Å². The lowest BCUT2D eigenvalue weighted by Crippen LogP contribution is -2.21. The summed E-state index contributed by atoms with van der Waals surface area (Å²) >= 11 is 0. The number of methoxy groups -OCH3 is 1. The van der Waals surface area contributed by atoms with Gasteiger partial charge in [-0.05, 0) is 61.0 Å². The van der Waals surface area contributed by atoms with Crippen LogP contribution in [0.4, 0.5) is 15.8 Å². The second-order valence-corrected chi connectivity index (χ2v) is 6.73. The molecule has 1 amide bonds. The van der Waals surface area contributed by atoms with Crippen molar-refractivity contribution in [3.05, 3.63) is 95.3 Å². The number of aryl methyl sites for hydroxylation is 1. The molecule has 0 saturated carbocycles. The second-order valence-electron chi connectivity index (χ2n) is 6.73. The van der Waals surface area contributed by atoms with E-state index in [2.05, 4.69) is 10.3 Å². The van der Waals surface area contributed by atoms with E-state index < -0.39 is 5.82 Å². The summed E-state index contributed by atoms with van der Waals surface area (Å²) in [4.78, 5) is 17.5. The van der Waals surface area contributed by atoms with E-state index in [1.165, 1.54) is 12.1 Å². The number of amides is 1. The Morgan fingerprint density at radius 1 is 1.03 bits per heavy atom. The lowest BCUT2D eigenvalue weighted by Gasteiger charge is -2.08. The number of ether oxygens (including phenoxy) is 1. The molecular weight excluding hydrogens is 383 g/mol. The van der Waals surface area contributed by atoms with Crippen molar-refractivity contribution in [2.45, 2.75) is 6.92 Å². The van der Waals surface area contributed by atoms with Crippen LogP contribution in [0.25, 0.3) is 11.0 Å². The third-order valence-electron chi connectivity index (χ3n) is 4.64.